The Kier molecular flexibility index (Phi) is 6.10. The molecule has 3 nitrogen and oxygen atoms in total. The van der Waals surface area contributed by atoms with Crippen LogP contribution in [0.5, 0.6) is 0 Å². The Labute approximate surface area is 156 Å². The first kappa shape index (κ1) is 18.0. The maximum atomic E-state index is 12.2. The molecule has 1 heterocycles. The Morgan fingerprint density at radius 2 is 1.92 bits per heavy atom. The number of thioether (sulfide) groups is 2. The van der Waals surface area contributed by atoms with Crippen LogP contribution >= 0.6 is 23.5 Å². The van der Waals surface area contributed by atoms with Crippen LogP contribution in [0.15, 0.2) is 63.9 Å². The van der Waals surface area contributed by atoms with Crippen molar-refractivity contribution in [2.24, 2.45) is 0 Å². The standard InChI is InChI=1S/C20H21NO2S2/c1-14(19-11-16-5-3-4-6-18(16)23-19)21-20(22)13-25-12-15-7-9-17(24-2)10-8-15/h3-11,14H,12-13H2,1-2H3,(H,21,22)/t14-/m0/s1. The molecule has 130 valence electrons. The molecule has 25 heavy (non-hydrogen) atoms. The number of hydrogen-bond donors (Lipinski definition) is 1. The van der Waals surface area contributed by atoms with E-state index in [2.05, 4.69) is 35.8 Å². The smallest absolute Gasteiger partial charge is 0.230 e. The molecule has 1 amide bonds. The van der Waals surface area contributed by atoms with Crippen molar-refractivity contribution in [3.8, 4) is 0 Å². The predicted molar refractivity (Wildman–Crippen MR) is 107 cm³/mol. The van der Waals surface area contributed by atoms with Crippen LogP contribution in [0.2, 0.25) is 0 Å². The lowest BCUT2D eigenvalue weighted by atomic mass is 10.2. The van der Waals surface area contributed by atoms with Crippen LogP contribution in [0.25, 0.3) is 11.0 Å². The van der Waals surface area contributed by atoms with Gasteiger partial charge in [-0.3, -0.25) is 4.79 Å². The van der Waals surface area contributed by atoms with E-state index in [0.717, 1.165) is 22.5 Å². The van der Waals surface area contributed by atoms with Crippen LogP contribution in [0.4, 0.5) is 0 Å². The van der Waals surface area contributed by atoms with Gasteiger partial charge in [0.25, 0.3) is 0 Å². The minimum Gasteiger partial charge on any atom is -0.459 e. The van der Waals surface area contributed by atoms with E-state index in [0.29, 0.717) is 5.75 Å². The third-order valence-electron chi connectivity index (χ3n) is 3.91. The van der Waals surface area contributed by atoms with E-state index in [-0.39, 0.29) is 11.9 Å². The highest BCUT2D eigenvalue weighted by Gasteiger charge is 2.14. The zero-order valence-corrected chi connectivity index (χ0v) is 16.0. The van der Waals surface area contributed by atoms with E-state index >= 15 is 0 Å². The van der Waals surface area contributed by atoms with Crippen molar-refractivity contribution in [1.29, 1.82) is 0 Å². The summed E-state index contributed by atoms with van der Waals surface area (Å²) in [5.74, 6) is 2.08. The zero-order chi connectivity index (χ0) is 17.6. The van der Waals surface area contributed by atoms with Crippen LogP contribution in [0.3, 0.4) is 0 Å². The number of furan rings is 1. The summed E-state index contributed by atoms with van der Waals surface area (Å²) in [4.78, 5) is 13.4. The molecule has 5 heteroatoms. The topological polar surface area (TPSA) is 42.2 Å². The predicted octanol–water partition coefficient (Wildman–Crippen LogP) is 5.27. The van der Waals surface area contributed by atoms with Gasteiger partial charge in [0.1, 0.15) is 11.3 Å². The van der Waals surface area contributed by atoms with Crippen LogP contribution in [-0.2, 0) is 10.5 Å². The first-order chi connectivity index (χ1) is 12.2. The number of amides is 1. The van der Waals surface area contributed by atoms with Gasteiger partial charge in [-0.1, -0.05) is 30.3 Å². The van der Waals surface area contributed by atoms with Gasteiger partial charge in [0, 0.05) is 16.0 Å². The van der Waals surface area contributed by atoms with Gasteiger partial charge < -0.3 is 9.73 Å². The van der Waals surface area contributed by atoms with Crippen LogP contribution < -0.4 is 5.32 Å². The monoisotopic (exact) mass is 371 g/mol. The summed E-state index contributed by atoms with van der Waals surface area (Å²) >= 11 is 3.35. The van der Waals surface area contributed by atoms with Crippen molar-refractivity contribution in [3.63, 3.8) is 0 Å². The molecule has 1 aromatic heterocycles. The van der Waals surface area contributed by atoms with Crippen molar-refractivity contribution in [2.75, 3.05) is 12.0 Å². The highest BCUT2D eigenvalue weighted by atomic mass is 32.2. The molecular formula is C20H21NO2S2. The van der Waals surface area contributed by atoms with Gasteiger partial charge in [0.05, 0.1) is 11.8 Å². The molecule has 0 bridgehead atoms. The molecule has 1 N–H and O–H groups in total. The fourth-order valence-corrected chi connectivity index (χ4v) is 3.76. The fourth-order valence-electron chi connectivity index (χ4n) is 2.55. The summed E-state index contributed by atoms with van der Waals surface area (Å²) in [6, 6.07) is 18.2. The van der Waals surface area contributed by atoms with E-state index in [9.17, 15) is 4.79 Å². The molecule has 0 aliphatic rings. The van der Waals surface area contributed by atoms with E-state index in [1.807, 2.05) is 37.3 Å². The summed E-state index contributed by atoms with van der Waals surface area (Å²) < 4.78 is 5.80. The highest BCUT2D eigenvalue weighted by molar-refractivity contribution is 7.99. The normalized spacial score (nSPS) is 12.2. The lowest BCUT2D eigenvalue weighted by Gasteiger charge is -2.11. The largest absolute Gasteiger partial charge is 0.459 e. The van der Waals surface area contributed by atoms with Crippen LogP contribution in [0.1, 0.15) is 24.3 Å². The second kappa shape index (κ2) is 8.50. The molecule has 0 saturated carbocycles. The first-order valence-electron chi connectivity index (χ1n) is 8.14. The second-order valence-electron chi connectivity index (χ2n) is 5.82. The van der Waals surface area contributed by atoms with Gasteiger partial charge in [-0.05, 0) is 43.0 Å². The second-order valence-corrected chi connectivity index (χ2v) is 7.68. The third-order valence-corrected chi connectivity index (χ3v) is 5.66. The Balaban J connectivity index is 1.48. The number of benzene rings is 2. The number of carbonyl (C=O) groups is 1. The highest BCUT2D eigenvalue weighted by Crippen LogP contribution is 2.24. The fraction of sp³-hybridized carbons (Fsp3) is 0.250. The van der Waals surface area contributed by atoms with Crippen molar-refractivity contribution in [2.45, 2.75) is 23.6 Å². The lowest BCUT2D eigenvalue weighted by Crippen LogP contribution is -2.27. The number of fused-ring (bicyclic) bond motifs is 1. The minimum absolute atomic E-state index is 0.0266. The zero-order valence-electron chi connectivity index (χ0n) is 14.3. The van der Waals surface area contributed by atoms with E-state index < -0.39 is 0 Å². The molecule has 1 atom stereocenters. The van der Waals surface area contributed by atoms with Crippen molar-refractivity contribution >= 4 is 40.4 Å². The summed E-state index contributed by atoms with van der Waals surface area (Å²) in [5.41, 5.74) is 2.09. The van der Waals surface area contributed by atoms with Crippen molar-refractivity contribution < 1.29 is 9.21 Å². The van der Waals surface area contributed by atoms with E-state index in [1.165, 1.54) is 10.5 Å². The van der Waals surface area contributed by atoms with Crippen LogP contribution in [-0.4, -0.2) is 17.9 Å². The molecular weight excluding hydrogens is 350 g/mol. The minimum atomic E-state index is -0.138. The van der Waals surface area contributed by atoms with Crippen LogP contribution in [0, 0.1) is 0 Å². The van der Waals surface area contributed by atoms with Crippen molar-refractivity contribution in [3.05, 3.63) is 65.9 Å². The lowest BCUT2D eigenvalue weighted by molar-refractivity contribution is -0.119. The summed E-state index contributed by atoms with van der Waals surface area (Å²) in [7, 11) is 0. The third kappa shape index (κ3) is 4.83. The number of carbonyl (C=O) groups excluding carboxylic acids is 1. The van der Waals surface area contributed by atoms with E-state index in [1.54, 1.807) is 23.5 Å². The number of hydrogen-bond acceptors (Lipinski definition) is 4. The Bertz CT molecular complexity index is 809. The average molecular weight is 372 g/mol. The van der Waals surface area contributed by atoms with Gasteiger partial charge >= 0.3 is 0 Å². The van der Waals surface area contributed by atoms with Gasteiger partial charge in [-0.2, -0.15) is 0 Å². The Hall–Kier alpha value is -1.85. The molecule has 2 aromatic carbocycles. The van der Waals surface area contributed by atoms with Crippen molar-refractivity contribution in [1.82, 2.24) is 5.32 Å². The summed E-state index contributed by atoms with van der Waals surface area (Å²) in [6.07, 6.45) is 2.07. The quantitative estimate of drug-likeness (QED) is 0.575. The molecule has 0 aliphatic carbocycles. The van der Waals surface area contributed by atoms with Gasteiger partial charge in [-0.25, -0.2) is 0 Å². The molecule has 0 radical (unpaired) electrons. The summed E-state index contributed by atoms with van der Waals surface area (Å²) in [5, 5.41) is 4.06. The SMILES string of the molecule is CSc1ccc(CSCC(=O)N[C@@H](C)c2cc3ccccc3o2)cc1. The maximum Gasteiger partial charge on any atom is 0.230 e. The number of nitrogens with one attached hydrogen (secondary N) is 1. The Morgan fingerprint density at radius 1 is 1.16 bits per heavy atom. The molecule has 0 spiro atoms. The Morgan fingerprint density at radius 3 is 2.64 bits per heavy atom. The molecule has 0 aliphatic heterocycles. The molecule has 0 unspecified atom stereocenters. The number of rotatable bonds is 7. The maximum absolute atomic E-state index is 12.2. The number of para-hydroxylation sites is 1. The molecule has 3 rings (SSSR count). The van der Waals surface area contributed by atoms with Gasteiger partial charge in [0.15, 0.2) is 0 Å². The van der Waals surface area contributed by atoms with Gasteiger partial charge in [0.2, 0.25) is 5.91 Å². The average Bonchev–Trinajstić information content (AvgIpc) is 3.06. The molecule has 3 aromatic rings. The first-order valence-corrected chi connectivity index (χ1v) is 10.5. The summed E-state index contributed by atoms with van der Waals surface area (Å²) in [6.45, 7) is 1.95. The molecule has 0 saturated heterocycles. The van der Waals surface area contributed by atoms with Gasteiger partial charge in [-0.15, -0.1) is 23.5 Å². The molecule has 0 fully saturated rings. The van der Waals surface area contributed by atoms with E-state index in [4.69, 9.17) is 4.42 Å².